The molecule has 0 aromatic heterocycles. The highest BCUT2D eigenvalue weighted by atomic mass is 32.2. The van der Waals surface area contributed by atoms with Gasteiger partial charge in [-0.3, -0.25) is 0 Å². The monoisotopic (exact) mass is 285 g/mol. The largest absolute Gasteiger partial charge is 0.380 e. The van der Waals surface area contributed by atoms with E-state index in [4.69, 9.17) is 4.74 Å². The summed E-state index contributed by atoms with van der Waals surface area (Å²) in [6.07, 6.45) is 1.27. The summed E-state index contributed by atoms with van der Waals surface area (Å²) in [6.45, 7) is 5.17. The average molecular weight is 285 g/mol. The van der Waals surface area contributed by atoms with Crippen molar-refractivity contribution in [2.75, 3.05) is 19.9 Å². The molecule has 0 radical (unpaired) electrons. The molecule has 0 bridgehead atoms. The molecule has 0 saturated carbocycles. The number of methoxy groups -OCH3 is 1. The van der Waals surface area contributed by atoms with Crippen LogP contribution in [-0.4, -0.2) is 33.1 Å². The second kappa shape index (κ2) is 6.50. The Bertz CT molecular complexity index is 492. The molecule has 0 amide bonds. The second-order valence-electron chi connectivity index (χ2n) is 5.38. The van der Waals surface area contributed by atoms with E-state index in [9.17, 15) is 8.42 Å². The highest BCUT2D eigenvalue weighted by molar-refractivity contribution is 7.92. The molecule has 19 heavy (non-hydrogen) atoms. The van der Waals surface area contributed by atoms with Gasteiger partial charge in [-0.05, 0) is 25.0 Å². The summed E-state index contributed by atoms with van der Waals surface area (Å²) >= 11 is 0. The fourth-order valence-electron chi connectivity index (χ4n) is 1.56. The van der Waals surface area contributed by atoms with Crippen molar-refractivity contribution in [3.63, 3.8) is 0 Å². The van der Waals surface area contributed by atoms with E-state index in [1.807, 2.05) is 24.3 Å². The van der Waals surface area contributed by atoms with Crippen molar-refractivity contribution in [1.29, 1.82) is 0 Å². The lowest BCUT2D eigenvalue weighted by atomic mass is 10.1. The van der Waals surface area contributed by atoms with Crippen molar-refractivity contribution in [2.24, 2.45) is 0 Å². The van der Waals surface area contributed by atoms with Gasteiger partial charge in [0.2, 0.25) is 0 Å². The van der Waals surface area contributed by atoms with E-state index in [1.165, 1.54) is 6.26 Å². The normalized spacial score (nSPS) is 12.6. The third kappa shape index (κ3) is 4.93. The topological polar surface area (TPSA) is 55.4 Å². The summed E-state index contributed by atoms with van der Waals surface area (Å²) in [4.78, 5) is 0. The van der Waals surface area contributed by atoms with Crippen LogP contribution in [0.2, 0.25) is 0 Å². The van der Waals surface area contributed by atoms with E-state index < -0.39 is 14.6 Å². The van der Waals surface area contributed by atoms with Gasteiger partial charge in [-0.2, -0.15) is 0 Å². The summed E-state index contributed by atoms with van der Waals surface area (Å²) in [5, 5.41) is 3.19. The molecule has 0 aliphatic carbocycles. The molecule has 0 aliphatic heterocycles. The number of hydrogen-bond acceptors (Lipinski definition) is 4. The molecule has 1 aromatic carbocycles. The van der Waals surface area contributed by atoms with Crippen LogP contribution in [0.1, 0.15) is 25.0 Å². The number of ether oxygens (including phenoxy) is 1. The van der Waals surface area contributed by atoms with Crippen LogP contribution in [0.15, 0.2) is 24.3 Å². The van der Waals surface area contributed by atoms with Gasteiger partial charge in [0.25, 0.3) is 0 Å². The summed E-state index contributed by atoms with van der Waals surface area (Å²) in [6, 6.07) is 8.08. The minimum atomic E-state index is -3.05. The highest BCUT2D eigenvalue weighted by Crippen LogP contribution is 2.14. The lowest BCUT2D eigenvalue weighted by molar-refractivity contribution is 0.185. The van der Waals surface area contributed by atoms with Crippen molar-refractivity contribution in [2.45, 2.75) is 31.7 Å². The molecule has 0 atom stereocenters. The second-order valence-corrected chi connectivity index (χ2v) is 8.03. The van der Waals surface area contributed by atoms with Gasteiger partial charge in [0.15, 0.2) is 9.84 Å². The third-order valence-corrected chi connectivity index (χ3v) is 5.37. The first-order chi connectivity index (χ1) is 8.76. The summed E-state index contributed by atoms with van der Waals surface area (Å²) in [5.41, 5.74) is 2.26. The van der Waals surface area contributed by atoms with E-state index >= 15 is 0 Å². The Balaban J connectivity index is 2.50. The van der Waals surface area contributed by atoms with Gasteiger partial charge in [-0.1, -0.05) is 24.3 Å². The predicted molar refractivity (Wildman–Crippen MR) is 77.8 cm³/mol. The molecule has 0 saturated heterocycles. The van der Waals surface area contributed by atoms with E-state index in [-0.39, 0.29) is 0 Å². The number of rotatable bonds is 7. The fourth-order valence-corrected chi connectivity index (χ4v) is 1.92. The maximum atomic E-state index is 11.6. The van der Waals surface area contributed by atoms with Gasteiger partial charge in [0, 0.05) is 26.5 Å². The average Bonchev–Trinajstić information content (AvgIpc) is 2.30. The van der Waals surface area contributed by atoms with Crippen molar-refractivity contribution in [3.8, 4) is 0 Å². The summed E-state index contributed by atoms with van der Waals surface area (Å²) < 4.78 is 27.4. The van der Waals surface area contributed by atoms with Crippen LogP contribution in [0.5, 0.6) is 0 Å². The van der Waals surface area contributed by atoms with Gasteiger partial charge >= 0.3 is 0 Å². The van der Waals surface area contributed by atoms with Gasteiger partial charge in [-0.25, -0.2) is 8.42 Å². The molecule has 1 aromatic rings. The molecule has 1 rings (SSSR count). The smallest absolute Gasteiger partial charge is 0.153 e. The zero-order chi connectivity index (χ0) is 14.5. The quantitative estimate of drug-likeness (QED) is 0.829. The van der Waals surface area contributed by atoms with Crippen LogP contribution in [-0.2, 0) is 27.7 Å². The van der Waals surface area contributed by atoms with Crippen LogP contribution in [0.4, 0.5) is 0 Å². The van der Waals surface area contributed by atoms with Crippen LogP contribution in [0, 0.1) is 0 Å². The summed E-state index contributed by atoms with van der Waals surface area (Å²) in [7, 11) is -1.38. The fraction of sp³-hybridized carbons (Fsp3) is 0.571. The van der Waals surface area contributed by atoms with Gasteiger partial charge < -0.3 is 10.1 Å². The van der Waals surface area contributed by atoms with Crippen LogP contribution < -0.4 is 5.32 Å². The molecular formula is C14H23NO3S. The molecule has 0 heterocycles. The third-order valence-electron chi connectivity index (χ3n) is 3.22. The predicted octanol–water partition coefficient (Wildman–Crippen LogP) is 1.75. The Labute approximate surface area is 116 Å². The molecule has 108 valence electrons. The number of hydrogen-bond donors (Lipinski definition) is 1. The Morgan fingerprint density at radius 2 is 1.68 bits per heavy atom. The number of nitrogens with one attached hydrogen (secondary N) is 1. The lowest BCUT2D eigenvalue weighted by Gasteiger charge is -2.22. The van der Waals surface area contributed by atoms with Crippen molar-refractivity contribution in [1.82, 2.24) is 5.32 Å². The highest BCUT2D eigenvalue weighted by Gasteiger charge is 2.29. The Kier molecular flexibility index (Phi) is 5.52. The summed E-state index contributed by atoms with van der Waals surface area (Å²) in [5.74, 6) is 0. The molecule has 0 unspecified atom stereocenters. The zero-order valence-electron chi connectivity index (χ0n) is 12.1. The van der Waals surface area contributed by atoms with E-state index in [1.54, 1.807) is 21.0 Å². The van der Waals surface area contributed by atoms with E-state index in [0.29, 0.717) is 19.7 Å². The molecule has 0 aliphatic rings. The van der Waals surface area contributed by atoms with E-state index in [0.717, 1.165) is 11.1 Å². The molecule has 4 nitrogen and oxygen atoms in total. The zero-order valence-corrected chi connectivity index (χ0v) is 12.9. The first-order valence-electron chi connectivity index (χ1n) is 6.23. The van der Waals surface area contributed by atoms with Crippen LogP contribution in [0.25, 0.3) is 0 Å². The van der Waals surface area contributed by atoms with Crippen LogP contribution in [0.3, 0.4) is 0 Å². The standard InChI is InChI=1S/C14H23NO3S/c1-14(2,19(4,16)17)11-15-9-12-5-7-13(8-6-12)10-18-3/h5-8,15H,9-11H2,1-4H3. The van der Waals surface area contributed by atoms with Crippen molar-refractivity contribution in [3.05, 3.63) is 35.4 Å². The Morgan fingerprint density at radius 1 is 1.16 bits per heavy atom. The maximum absolute atomic E-state index is 11.6. The van der Waals surface area contributed by atoms with E-state index in [2.05, 4.69) is 5.32 Å². The van der Waals surface area contributed by atoms with Crippen molar-refractivity contribution >= 4 is 9.84 Å². The van der Waals surface area contributed by atoms with Gasteiger partial charge in [0.05, 0.1) is 11.4 Å². The molecule has 5 heteroatoms. The maximum Gasteiger partial charge on any atom is 0.153 e. The van der Waals surface area contributed by atoms with Crippen molar-refractivity contribution < 1.29 is 13.2 Å². The first-order valence-corrected chi connectivity index (χ1v) is 8.12. The molecule has 0 fully saturated rings. The molecular weight excluding hydrogens is 262 g/mol. The number of benzene rings is 1. The van der Waals surface area contributed by atoms with Gasteiger partial charge in [0.1, 0.15) is 0 Å². The minimum absolute atomic E-state index is 0.436. The SMILES string of the molecule is COCc1ccc(CNCC(C)(C)S(C)(=O)=O)cc1. The Hall–Kier alpha value is -0.910. The lowest BCUT2D eigenvalue weighted by Crippen LogP contribution is -2.41. The first kappa shape index (κ1) is 16.1. The molecule has 1 N–H and O–H groups in total. The Morgan fingerprint density at radius 3 is 2.16 bits per heavy atom. The molecule has 0 spiro atoms. The minimum Gasteiger partial charge on any atom is -0.380 e. The van der Waals surface area contributed by atoms with Gasteiger partial charge in [-0.15, -0.1) is 0 Å². The van der Waals surface area contributed by atoms with Crippen LogP contribution >= 0.6 is 0 Å². The number of sulfone groups is 1.